The largest absolute Gasteiger partial charge is 0.573 e. The SMILES string of the molecule is Cn1cnnc1CN=C(N)Nc1ccc(OC(F)(F)F)cc1.I. The van der Waals surface area contributed by atoms with Gasteiger partial charge in [-0.15, -0.1) is 47.3 Å². The highest BCUT2D eigenvalue weighted by Gasteiger charge is 2.30. The summed E-state index contributed by atoms with van der Waals surface area (Å²) >= 11 is 0. The molecule has 0 amide bonds. The van der Waals surface area contributed by atoms with Crippen LogP contribution in [-0.2, 0) is 13.6 Å². The summed E-state index contributed by atoms with van der Waals surface area (Å²) in [6.45, 7) is 0.227. The highest BCUT2D eigenvalue weighted by atomic mass is 127. The maximum absolute atomic E-state index is 12.0. The van der Waals surface area contributed by atoms with Crippen molar-refractivity contribution in [3.05, 3.63) is 36.4 Å². The van der Waals surface area contributed by atoms with Crippen LogP contribution >= 0.6 is 24.0 Å². The number of nitrogens with one attached hydrogen (secondary N) is 1. The summed E-state index contributed by atoms with van der Waals surface area (Å²) in [6, 6.07) is 5.13. The number of aliphatic imine (C=N–C) groups is 1. The van der Waals surface area contributed by atoms with Crippen molar-refractivity contribution >= 4 is 35.6 Å². The fourth-order valence-corrected chi connectivity index (χ4v) is 1.53. The van der Waals surface area contributed by atoms with E-state index in [1.54, 1.807) is 11.6 Å². The molecule has 0 fully saturated rings. The Bertz CT molecular complexity index is 656. The molecule has 11 heteroatoms. The van der Waals surface area contributed by atoms with Gasteiger partial charge in [-0.2, -0.15) is 0 Å². The van der Waals surface area contributed by atoms with Gasteiger partial charge in [-0.3, -0.25) is 0 Å². The number of nitrogens with two attached hydrogens (primary N) is 1. The molecule has 2 aromatic rings. The molecule has 126 valence electrons. The van der Waals surface area contributed by atoms with E-state index in [-0.39, 0.29) is 42.2 Å². The standard InChI is InChI=1S/C12H13F3N6O.HI/c1-21-7-18-20-10(21)6-17-11(16)19-8-2-4-9(5-3-8)22-12(13,14)15;/h2-5,7H,6H2,1H3,(H3,16,17,19);1H. The first-order valence-corrected chi connectivity index (χ1v) is 6.09. The van der Waals surface area contributed by atoms with Crippen molar-refractivity contribution in [1.82, 2.24) is 14.8 Å². The summed E-state index contributed by atoms with van der Waals surface area (Å²) in [5.41, 5.74) is 6.16. The number of anilines is 1. The van der Waals surface area contributed by atoms with E-state index in [4.69, 9.17) is 5.73 Å². The Balaban J connectivity index is 0.00000264. The average Bonchev–Trinajstić information content (AvgIpc) is 2.83. The average molecular weight is 442 g/mol. The summed E-state index contributed by atoms with van der Waals surface area (Å²) in [5.74, 6) is 0.416. The third kappa shape index (κ3) is 6.30. The summed E-state index contributed by atoms with van der Waals surface area (Å²) in [4.78, 5) is 4.05. The minimum Gasteiger partial charge on any atom is -0.406 e. The minimum absolute atomic E-state index is 0. The number of hydrogen-bond donors (Lipinski definition) is 2. The number of alkyl halides is 3. The van der Waals surface area contributed by atoms with Gasteiger partial charge < -0.3 is 20.4 Å². The van der Waals surface area contributed by atoms with Gasteiger partial charge in [-0.05, 0) is 24.3 Å². The Morgan fingerprint density at radius 3 is 2.52 bits per heavy atom. The van der Waals surface area contributed by atoms with Crippen LogP contribution in [0.25, 0.3) is 0 Å². The molecular weight excluding hydrogens is 428 g/mol. The van der Waals surface area contributed by atoms with Crippen LogP contribution in [0.1, 0.15) is 5.82 Å². The molecule has 0 atom stereocenters. The van der Waals surface area contributed by atoms with Gasteiger partial charge in [-0.1, -0.05) is 0 Å². The molecule has 0 aliphatic carbocycles. The number of hydrogen-bond acceptors (Lipinski definition) is 4. The van der Waals surface area contributed by atoms with Gasteiger partial charge in [0.25, 0.3) is 0 Å². The van der Waals surface area contributed by atoms with Gasteiger partial charge in [-0.25, -0.2) is 4.99 Å². The fourth-order valence-electron chi connectivity index (χ4n) is 1.53. The fraction of sp³-hybridized carbons (Fsp3) is 0.250. The highest BCUT2D eigenvalue weighted by molar-refractivity contribution is 14.0. The molecule has 0 saturated carbocycles. The maximum Gasteiger partial charge on any atom is 0.573 e. The monoisotopic (exact) mass is 442 g/mol. The number of guanidine groups is 1. The van der Waals surface area contributed by atoms with Crippen LogP contribution in [0.2, 0.25) is 0 Å². The summed E-state index contributed by atoms with van der Waals surface area (Å²) < 4.78 is 41.5. The quantitative estimate of drug-likeness (QED) is 0.431. The highest BCUT2D eigenvalue weighted by Crippen LogP contribution is 2.23. The normalized spacial score (nSPS) is 11.7. The van der Waals surface area contributed by atoms with Crippen LogP contribution in [0.15, 0.2) is 35.6 Å². The molecule has 2 rings (SSSR count). The van der Waals surface area contributed by atoms with E-state index in [2.05, 4.69) is 25.2 Å². The zero-order chi connectivity index (χ0) is 16.2. The van der Waals surface area contributed by atoms with Crippen molar-refractivity contribution < 1.29 is 17.9 Å². The maximum atomic E-state index is 12.0. The molecule has 0 bridgehead atoms. The molecular formula is C12H14F3IN6O. The first-order valence-electron chi connectivity index (χ1n) is 6.09. The number of ether oxygens (including phenoxy) is 1. The second-order valence-electron chi connectivity index (χ2n) is 4.26. The van der Waals surface area contributed by atoms with E-state index in [9.17, 15) is 13.2 Å². The van der Waals surface area contributed by atoms with Gasteiger partial charge in [0, 0.05) is 12.7 Å². The lowest BCUT2D eigenvalue weighted by atomic mass is 10.3. The number of aromatic nitrogens is 3. The molecule has 0 saturated heterocycles. The Morgan fingerprint density at radius 1 is 1.35 bits per heavy atom. The predicted molar refractivity (Wildman–Crippen MR) is 88.5 cm³/mol. The van der Waals surface area contributed by atoms with Crippen LogP contribution in [0, 0.1) is 0 Å². The lowest BCUT2D eigenvalue weighted by Gasteiger charge is -2.10. The topological polar surface area (TPSA) is 90.4 Å². The second kappa shape index (κ2) is 7.99. The summed E-state index contributed by atoms with van der Waals surface area (Å²) in [6.07, 6.45) is -3.18. The van der Waals surface area contributed by atoms with Crippen molar-refractivity contribution in [3.8, 4) is 5.75 Å². The molecule has 3 N–H and O–H groups in total. The molecule has 23 heavy (non-hydrogen) atoms. The molecule has 1 heterocycles. The van der Waals surface area contributed by atoms with Crippen LogP contribution in [0.4, 0.5) is 18.9 Å². The van der Waals surface area contributed by atoms with Crippen LogP contribution in [0.3, 0.4) is 0 Å². The lowest BCUT2D eigenvalue weighted by molar-refractivity contribution is -0.274. The Kier molecular flexibility index (Phi) is 6.60. The van der Waals surface area contributed by atoms with Crippen LogP contribution < -0.4 is 15.8 Å². The molecule has 1 aromatic carbocycles. The first kappa shape index (κ1) is 19.0. The predicted octanol–water partition coefficient (Wildman–Crippen LogP) is 2.26. The first-order chi connectivity index (χ1) is 10.3. The molecule has 0 spiro atoms. The Hall–Kier alpha value is -2.05. The number of benzene rings is 1. The van der Waals surface area contributed by atoms with Crippen molar-refractivity contribution in [2.75, 3.05) is 5.32 Å². The Labute approximate surface area is 146 Å². The van der Waals surface area contributed by atoms with Crippen molar-refractivity contribution in [1.29, 1.82) is 0 Å². The third-order valence-electron chi connectivity index (χ3n) is 2.56. The van der Waals surface area contributed by atoms with Crippen molar-refractivity contribution in [2.24, 2.45) is 17.8 Å². The van der Waals surface area contributed by atoms with Crippen molar-refractivity contribution in [3.63, 3.8) is 0 Å². The Morgan fingerprint density at radius 2 is 2.00 bits per heavy atom. The second-order valence-corrected chi connectivity index (χ2v) is 4.26. The molecule has 1 aromatic heterocycles. The molecule has 7 nitrogen and oxygen atoms in total. The zero-order valence-electron chi connectivity index (χ0n) is 11.9. The van der Waals surface area contributed by atoms with Gasteiger partial charge in [0.2, 0.25) is 0 Å². The smallest absolute Gasteiger partial charge is 0.406 e. The third-order valence-corrected chi connectivity index (χ3v) is 2.56. The molecule has 0 radical (unpaired) electrons. The molecule has 0 unspecified atom stereocenters. The van der Waals surface area contributed by atoms with Gasteiger partial charge in [0.1, 0.15) is 18.6 Å². The molecule has 0 aliphatic rings. The zero-order valence-corrected chi connectivity index (χ0v) is 14.2. The van der Waals surface area contributed by atoms with E-state index in [0.717, 1.165) is 0 Å². The lowest BCUT2D eigenvalue weighted by Crippen LogP contribution is -2.23. The number of rotatable bonds is 4. The van der Waals surface area contributed by atoms with Gasteiger partial charge in [0.05, 0.1) is 0 Å². The van der Waals surface area contributed by atoms with E-state index >= 15 is 0 Å². The number of halogens is 4. The number of aryl methyl sites for hydroxylation is 1. The van der Waals surface area contributed by atoms with E-state index < -0.39 is 6.36 Å². The number of nitrogens with zero attached hydrogens (tertiary/aromatic N) is 4. The van der Waals surface area contributed by atoms with E-state index in [1.807, 2.05) is 0 Å². The van der Waals surface area contributed by atoms with E-state index in [1.165, 1.54) is 30.6 Å². The van der Waals surface area contributed by atoms with Crippen LogP contribution in [-0.4, -0.2) is 27.1 Å². The van der Waals surface area contributed by atoms with Crippen molar-refractivity contribution in [2.45, 2.75) is 12.9 Å². The van der Waals surface area contributed by atoms with E-state index in [0.29, 0.717) is 11.5 Å². The summed E-state index contributed by atoms with van der Waals surface area (Å²) in [5, 5.41) is 10.3. The molecule has 0 aliphatic heterocycles. The van der Waals surface area contributed by atoms with Gasteiger partial charge in [0.15, 0.2) is 11.8 Å². The summed E-state index contributed by atoms with van der Waals surface area (Å²) in [7, 11) is 1.77. The van der Waals surface area contributed by atoms with Crippen LogP contribution in [0.5, 0.6) is 5.75 Å². The van der Waals surface area contributed by atoms with Gasteiger partial charge >= 0.3 is 6.36 Å². The minimum atomic E-state index is -4.72.